The Morgan fingerprint density at radius 2 is 1.82 bits per heavy atom. The highest BCUT2D eigenvalue weighted by atomic mass is 16.6. The van der Waals surface area contributed by atoms with E-state index < -0.39 is 18.5 Å². The minimum absolute atomic E-state index is 0.262. The fourth-order valence-electron chi connectivity index (χ4n) is 2.64. The van der Waals surface area contributed by atoms with E-state index in [2.05, 4.69) is 5.32 Å². The third-order valence-electron chi connectivity index (χ3n) is 4.30. The molecule has 0 unspecified atom stereocenters. The number of esters is 1. The molecule has 0 aliphatic carbocycles. The van der Waals surface area contributed by atoms with E-state index in [-0.39, 0.29) is 6.61 Å². The van der Waals surface area contributed by atoms with Gasteiger partial charge in [-0.25, -0.2) is 4.79 Å². The van der Waals surface area contributed by atoms with Crippen LogP contribution in [0.25, 0.3) is 0 Å². The predicted molar refractivity (Wildman–Crippen MR) is 103 cm³/mol. The lowest BCUT2D eigenvalue weighted by Crippen LogP contribution is -2.23. The molecule has 0 saturated carbocycles. The van der Waals surface area contributed by atoms with E-state index in [4.69, 9.17) is 18.9 Å². The number of fused-ring (bicyclic) bond motifs is 1. The van der Waals surface area contributed by atoms with Crippen LogP contribution in [0.2, 0.25) is 0 Å². The zero-order valence-corrected chi connectivity index (χ0v) is 15.9. The number of hydrogen-bond donors (Lipinski definition) is 1. The maximum Gasteiger partial charge on any atom is 0.344 e. The van der Waals surface area contributed by atoms with Crippen molar-refractivity contribution in [3.63, 3.8) is 0 Å². The van der Waals surface area contributed by atoms with Crippen molar-refractivity contribution in [2.45, 2.75) is 20.3 Å². The Balaban J connectivity index is 1.45. The van der Waals surface area contributed by atoms with Crippen LogP contribution in [0.4, 0.5) is 5.69 Å². The first-order chi connectivity index (χ1) is 13.5. The summed E-state index contributed by atoms with van der Waals surface area (Å²) in [7, 11) is 0. The van der Waals surface area contributed by atoms with Gasteiger partial charge in [0.25, 0.3) is 5.91 Å². The maximum atomic E-state index is 12.0. The van der Waals surface area contributed by atoms with Gasteiger partial charge in [-0.1, -0.05) is 12.1 Å². The van der Waals surface area contributed by atoms with E-state index in [0.717, 1.165) is 17.5 Å². The highest BCUT2D eigenvalue weighted by Crippen LogP contribution is 2.32. The van der Waals surface area contributed by atoms with Crippen molar-refractivity contribution in [2.75, 3.05) is 31.7 Å². The van der Waals surface area contributed by atoms with E-state index >= 15 is 0 Å². The molecule has 0 fully saturated rings. The summed E-state index contributed by atoms with van der Waals surface area (Å²) in [6, 6.07) is 10.7. The maximum absolute atomic E-state index is 12.0. The average Bonchev–Trinajstić information content (AvgIpc) is 2.92. The van der Waals surface area contributed by atoms with Crippen LogP contribution >= 0.6 is 0 Å². The average molecular weight is 385 g/mol. The molecule has 2 aromatic rings. The Bertz CT molecular complexity index is 864. The second kappa shape index (κ2) is 9.12. The van der Waals surface area contributed by atoms with Crippen LogP contribution < -0.4 is 19.5 Å². The number of nitrogens with one attached hydrogen (secondary N) is 1. The number of hydrogen-bond acceptors (Lipinski definition) is 6. The standard InChI is InChI=1S/C21H23NO6/c1-14-5-3-6-17(15(14)2)27-13-21(24)28-12-20(23)22-16-7-8-18-19(11-16)26-10-4-9-25-18/h3,5-8,11H,4,9-10,12-13H2,1-2H3,(H,22,23). The van der Waals surface area contributed by atoms with Gasteiger partial charge in [-0.2, -0.15) is 0 Å². The molecule has 1 aliphatic rings. The van der Waals surface area contributed by atoms with E-state index in [9.17, 15) is 9.59 Å². The van der Waals surface area contributed by atoms with Crippen molar-refractivity contribution in [3.8, 4) is 17.2 Å². The zero-order valence-electron chi connectivity index (χ0n) is 15.9. The third-order valence-corrected chi connectivity index (χ3v) is 4.30. The van der Waals surface area contributed by atoms with E-state index in [1.165, 1.54) is 0 Å². The Labute approximate surface area is 163 Å². The number of anilines is 1. The lowest BCUT2D eigenvalue weighted by molar-refractivity contribution is -0.149. The van der Waals surface area contributed by atoms with Gasteiger partial charge in [0, 0.05) is 18.2 Å². The van der Waals surface area contributed by atoms with Crippen LogP contribution in [0.5, 0.6) is 17.2 Å². The Morgan fingerprint density at radius 3 is 2.64 bits per heavy atom. The van der Waals surface area contributed by atoms with Crippen LogP contribution in [0.3, 0.4) is 0 Å². The monoisotopic (exact) mass is 385 g/mol. The van der Waals surface area contributed by atoms with Crippen molar-refractivity contribution in [3.05, 3.63) is 47.5 Å². The quantitative estimate of drug-likeness (QED) is 0.770. The van der Waals surface area contributed by atoms with Gasteiger partial charge >= 0.3 is 5.97 Å². The number of benzene rings is 2. The first-order valence-electron chi connectivity index (χ1n) is 9.07. The number of aryl methyl sites for hydroxylation is 1. The smallest absolute Gasteiger partial charge is 0.344 e. The number of carbonyl (C=O) groups excluding carboxylic acids is 2. The molecule has 7 heteroatoms. The van der Waals surface area contributed by atoms with Crippen LogP contribution in [0.15, 0.2) is 36.4 Å². The molecule has 0 saturated heterocycles. The summed E-state index contributed by atoms with van der Waals surface area (Å²) in [6.07, 6.45) is 0.802. The van der Waals surface area contributed by atoms with Crippen LogP contribution in [-0.2, 0) is 14.3 Å². The number of amides is 1. The van der Waals surface area contributed by atoms with Gasteiger partial charge in [0.1, 0.15) is 5.75 Å². The van der Waals surface area contributed by atoms with Crippen molar-refractivity contribution in [2.24, 2.45) is 0 Å². The summed E-state index contributed by atoms with van der Waals surface area (Å²) >= 11 is 0. The van der Waals surface area contributed by atoms with Crippen LogP contribution in [0, 0.1) is 13.8 Å². The van der Waals surface area contributed by atoms with Crippen molar-refractivity contribution in [1.29, 1.82) is 0 Å². The first kappa shape index (κ1) is 19.5. The molecule has 148 valence electrons. The molecule has 1 heterocycles. The minimum Gasteiger partial charge on any atom is -0.490 e. The normalized spacial score (nSPS) is 12.6. The van der Waals surface area contributed by atoms with Crippen molar-refractivity contribution in [1.82, 2.24) is 0 Å². The highest BCUT2D eigenvalue weighted by Gasteiger charge is 2.13. The summed E-state index contributed by atoms with van der Waals surface area (Å²) in [4.78, 5) is 23.9. The molecular formula is C21H23NO6. The summed E-state index contributed by atoms with van der Waals surface area (Å²) in [5.74, 6) is 0.776. The first-order valence-corrected chi connectivity index (χ1v) is 9.07. The SMILES string of the molecule is Cc1cccc(OCC(=O)OCC(=O)Nc2ccc3c(c2)OCCCO3)c1C. The van der Waals surface area contributed by atoms with E-state index in [1.54, 1.807) is 24.3 Å². The summed E-state index contributed by atoms with van der Waals surface area (Å²) < 4.78 is 21.6. The molecule has 0 atom stereocenters. The number of ether oxygens (including phenoxy) is 4. The molecule has 7 nitrogen and oxygen atoms in total. The second-order valence-electron chi connectivity index (χ2n) is 6.41. The van der Waals surface area contributed by atoms with Gasteiger partial charge < -0.3 is 24.3 Å². The molecule has 28 heavy (non-hydrogen) atoms. The Kier molecular flexibility index (Phi) is 6.37. The van der Waals surface area contributed by atoms with Crippen molar-refractivity contribution < 1.29 is 28.5 Å². The van der Waals surface area contributed by atoms with Gasteiger partial charge in [0.2, 0.25) is 0 Å². The molecule has 3 rings (SSSR count). The fraction of sp³-hybridized carbons (Fsp3) is 0.333. The second-order valence-corrected chi connectivity index (χ2v) is 6.41. The number of carbonyl (C=O) groups is 2. The van der Waals surface area contributed by atoms with Gasteiger partial charge in [0.05, 0.1) is 13.2 Å². The molecule has 1 amide bonds. The lowest BCUT2D eigenvalue weighted by atomic mass is 10.1. The lowest BCUT2D eigenvalue weighted by Gasteiger charge is -2.12. The molecule has 0 spiro atoms. The predicted octanol–water partition coefficient (Wildman–Crippen LogP) is 3.03. The zero-order chi connectivity index (χ0) is 19.9. The summed E-state index contributed by atoms with van der Waals surface area (Å²) in [5, 5.41) is 2.67. The van der Waals surface area contributed by atoms with E-state index in [0.29, 0.717) is 36.1 Å². The van der Waals surface area contributed by atoms with Gasteiger partial charge in [-0.05, 0) is 43.2 Å². The Morgan fingerprint density at radius 1 is 1.04 bits per heavy atom. The molecule has 0 radical (unpaired) electrons. The Hall–Kier alpha value is -3.22. The molecular weight excluding hydrogens is 362 g/mol. The molecule has 2 aromatic carbocycles. The molecule has 1 aliphatic heterocycles. The van der Waals surface area contributed by atoms with E-state index in [1.807, 2.05) is 26.0 Å². The minimum atomic E-state index is -0.616. The van der Waals surface area contributed by atoms with Gasteiger partial charge in [0.15, 0.2) is 24.7 Å². The fourth-order valence-corrected chi connectivity index (χ4v) is 2.64. The summed E-state index contributed by atoms with van der Waals surface area (Å²) in [6.45, 7) is 4.37. The molecule has 0 aromatic heterocycles. The van der Waals surface area contributed by atoms with Gasteiger partial charge in [-0.15, -0.1) is 0 Å². The largest absolute Gasteiger partial charge is 0.490 e. The topological polar surface area (TPSA) is 83.1 Å². The summed E-state index contributed by atoms with van der Waals surface area (Å²) in [5.41, 5.74) is 2.57. The van der Waals surface area contributed by atoms with Crippen molar-refractivity contribution >= 4 is 17.6 Å². The third kappa shape index (κ3) is 5.16. The molecule has 1 N–H and O–H groups in total. The molecule has 0 bridgehead atoms. The van der Waals surface area contributed by atoms with Crippen LogP contribution in [-0.4, -0.2) is 38.3 Å². The number of rotatable bonds is 6. The van der Waals surface area contributed by atoms with Gasteiger partial charge in [-0.3, -0.25) is 4.79 Å². The highest BCUT2D eigenvalue weighted by molar-refractivity contribution is 5.93. The van der Waals surface area contributed by atoms with Crippen LogP contribution in [0.1, 0.15) is 17.5 Å².